The summed E-state index contributed by atoms with van der Waals surface area (Å²) in [7, 11) is 1.58. The molecular weight excluding hydrogens is 320 g/mol. The van der Waals surface area contributed by atoms with Crippen LogP contribution in [-0.2, 0) is 6.42 Å². The summed E-state index contributed by atoms with van der Waals surface area (Å²) in [6.07, 6.45) is 0.935. The van der Waals surface area contributed by atoms with Crippen molar-refractivity contribution >= 4 is 22.9 Å². The van der Waals surface area contributed by atoms with Gasteiger partial charge in [-0.2, -0.15) is 0 Å². The highest BCUT2D eigenvalue weighted by molar-refractivity contribution is 7.09. The molecular formula is C19H18N2O2S. The Kier molecular flexibility index (Phi) is 4.91. The lowest BCUT2D eigenvalue weighted by Crippen LogP contribution is -2.12. The monoisotopic (exact) mass is 338 g/mol. The predicted octanol–water partition coefficient (Wildman–Crippen LogP) is 4.63. The van der Waals surface area contributed by atoms with Crippen molar-refractivity contribution in [3.63, 3.8) is 0 Å². The largest absolute Gasteiger partial charge is 0.495 e. The number of hydrogen-bond donors (Lipinski definition) is 1. The van der Waals surface area contributed by atoms with E-state index in [1.165, 1.54) is 0 Å². The van der Waals surface area contributed by atoms with E-state index in [-0.39, 0.29) is 5.91 Å². The van der Waals surface area contributed by atoms with Crippen LogP contribution in [0.1, 0.15) is 22.3 Å². The molecule has 5 heteroatoms. The number of carbonyl (C=O) groups excluding carboxylic acids is 1. The van der Waals surface area contributed by atoms with Gasteiger partial charge in [-0.3, -0.25) is 4.79 Å². The van der Waals surface area contributed by atoms with Crippen LogP contribution in [0.25, 0.3) is 11.3 Å². The van der Waals surface area contributed by atoms with Gasteiger partial charge in [-0.15, -0.1) is 11.3 Å². The average Bonchev–Trinajstić information content (AvgIpc) is 3.11. The molecule has 0 aliphatic heterocycles. The van der Waals surface area contributed by atoms with E-state index in [4.69, 9.17) is 4.74 Å². The number of methoxy groups -OCH3 is 1. The molecule has 1 aromatic heterocycles. The standard InChI is InChI=1S/C19H18N2O2S/c1-3-18-20-16(12-24-18)13-8-10-14(11-9-13)19(22)21-15-6-4-5-7-17(15)23-2/h4-12H,3H2,1-2H3,(H,21,22). The first-order chi connectivity index (χ1) is 11.7. The summed E-state index contributed by atoms with van der Waals surface area (Å²) < 4.78 is 5.25. The van der Waals surface area contributed by atoms with Gasteiger partial charge in [-0.25, -0.2) is 4.98 Å². The Morgan fingerprint density at radius 1 is 1.17 bits per heavy atom. The van der Waals surface area contributed by atoms with Crippen molar-refractivity contribution in [1.82, 2.24) is 4.98 Å². The molecule has 0 saturated heterocycles. The van der Waals surface area contributed by atoms with Crippen LogP contribution < -0.4 is 10.1 Å². The van der Waals surface area contributed by atoms with Crippen LogP contribution in [-0.4, -0.2) is 18.0 Å². The van der Waals surface area contributed by atoms with Gasteiger partial charge in [0.05, 0.1) is 23.5 Å². The van der Waals surface area contributed by atoms with Crippen molar-refractivity contribution < 1.29 is 9.53 Å². The van der Waals surface area contributed by atoms with E-state index in [0.29, 0.717) is 17.0 Å². The fourth-order valence-corrected chi connectivity index (χ4v) is 3.09. The Hall–Kier alpha value is -2.66. The first-order valence-electron chi connectivity index (χ1n) is 7.70. The molecule has 1 heterocycles. The lowest BCUT2D eigenvalue weighted by Gasteiger charge is -2.10. The van der Waals surface area contributed by atoms with E-state index in [9.17, 15) is 4.79 Å². The van der Waals surface area contributed by atoms with E-state index in [0.717, 1.165) is 22.7 Å². The first kappa shape index (κ1) is 16.2. The number of rotatable bonds is 5. The Morgan fingerprint density at radius 3 is 2.58 bits per heavy atom. The fourth-order valence-electron chi connectivity index (χ4n) is 2.34. The van der Waals surface area contributed by atoms with Crippen molar-refractivity contribution in [3.8, 4) is 17.0 Å². The molecule has 4 nitrogen and oxygen atoms in total. The molecule has 3 aromatic rings. The Labute approximate surface area is 145 Å². The average molecular weight is 338 g/mol. The predicted molar refractivity (Wildman–Crippen MR) is 97.9 cm³/mol. The van der Waals surface area contributed by atoms with E-state index < -0.39 is 0 Å². The molecule has 2 aromatic carbocycles. The smallest absolute Gasteiger partial charge is 0.255 e. The van der Waals surface area contributed by atoms with E-state index >= 15 is 0 Å². The molecule has 1 amide bonds. The zero-order valence-electron chi connectivity index (χ0n) is 13.6. The molecule has 0 unspecified atom stereocenters. The first-order valence-corrected chi connectivity index (χ1v) is 8.58. The number of thiazole rings is 1. The minimum atomic E-state index is -0.168. The maximum Gasteiger partial charge on any atom is 0.255 e. The van der Waals surface area contributed by atoms with Gasteiger partial charge in [-0.1, -0.05) is 31.2 Å². The molecule has 0 fully saturated rings. The molecule has 0 saturated carbocycles. The van der Waals surface area contributed by atoms with Crippen LogP contribution in [0.3, 0.4) is 0 Å². The summed E-state index contributed by atoms with van der Waals surface area (Å²) in [5.74, 6) is 0.468. The van der Waals surface area contributed by atoms with Gasteiger partial charge in [-0.05, 0) is 30.7 Å². The minimum absolute atomic E-state index is 0.168. The third kappa shape index (κ3) is 3.46. The van der Waals surface area contributed by atoms with Crippen molar-refractivity contribution in [2.24, 2.45) is 0 Å². The topological polar surface area (TPSA) is 51.2 Å². The second-order valence-electron chi connectivity index (χ2n) is 5.21. The van der Waals surface area contributed by atoms with Crippen LogP contribution in [0.2, 0.25) is 0 Å². The van der Waals surface area contributed by atoms with Crippen molar-refractivity contribution in [1.29, 1.82) is 0 Å². The third-order valence-electron chi connectivity index (χ3n) is 3.65. The number of hydrogen-bond acceptors (Lipinski definition) is 4. The highest BCUT2D eigenvalue weighted by Crippen LogP contribution is 2.25. The molecule has 0 bridgehead atoms. The summed E-state index contributed by atoms with van der Waals surface area (Å²) >= 11 is 1.66. The molecule has 0 spiro atoms. The highest BCUT2D eigenvalue weighted by atomic mass is 32.1. The summed E-state index contributed by atoms with van der Waals surface area (Å²) in [5, 5.41) is 6.03. The lowest BCUT2D eigenvalue weighted by atomic mass is 10.1. The van der Waals surface area contributed by atoms with Crippen molar-refractivity contribution in [3.05, 3.63) is 64.5 Å². The molecule has 0 aliphatic carbocycles. The number of ether oxygens (including phenoxy) is 1. The molecule has 24 heavy (non-hydrogen) atoms. The van der Waals surface area contributed by atoms with Crippen LogP contribution in [0.4, 0.5) is 5.69 Å². The minimum Gasteiger partial charge on any atom is -0.495 e. The zero-order chi connectivity index (χ0) is 16.9. The molecule has 0 aliphatic rings. The normalized spacial score (nSPS) is 10.4. The van der Waals surface area contributed by atoms with Gasteiger partial charge in [0.2, 0.25) is 0 Å². The van der Waals surface area contributed by atoms with Crippen molar-refractivity contribution in [2.75, 3.05) is 12.4 Å². The van der Waals surface area contributed by atoms with Gasteiger partial charge >= 0.3 is 0 Å². The van der Waals surface area contributed by atoms with Crippen LogP contribution in [0.5, 0.6) is 5.75 Å². The zero-order valence-corrected chi connectivity index (χ0v) is 14.4. The number of nitrogens with one attached hydrogen (secondary N) is 1. The molecule has 3 rings (SSSR count). The van der Waals surface area contributed by atoms with Gasteiger partial charge in [0.1, 0.15) is 5.75 Å². The SMILES string of the molecule is CCc1nc(-c2ccc(C(=O)Nc3ccccc3OC)cc2)cs1. The second kappa shape index (κ2) is 7.27. The number of carbonyl (C=O) groups is 1. The number of aryl methyl sites for hydroxylation is 1. The van der Waals surface area contributed by atoms with Crippen molar-refractivity contribution in [2.45, 2.75) is 13.3 Å². The summed E-state index contributed by atoms with van der Waals surface area (Å²) in [6.45, 7) is 2.09. The number of amides is 1. The van der Waals surface area contributed by atoms with Crippen LogP contribution >= 0.6 is 11.3 Å². The molecule has 0 atom stereocenters. The van der Waals surface area contributed by atoms with Crippen LogP contribution in [0.15, 0.2) is 53.9 Å². The maximum atomic E-state index is 12.4. The fraction of sp³-hybridized carbons (Fsp3) is 0.158. The summed E-state index contributed by atoms with van der Waals surface area (Å²) in [4.78, 5) is 17.0. The number of para-hydroxylation sites is 2. The quantitative estimate of drug-likeness (QED) is 0.738. The second-order valence-corrected chi connectivity index (χ2v) is 6.15. The summed E-state index contributed by atoms with van der Waals surface area (Å²) in [6, 6.07) is 14.8. The number of aromatic nitrogens is 1. The maximum absolute atomic E-state index is 12.4. The number of anilines is 1. The van der Waals surface area contributed by atoms with Gasteiger partial charge in [0.25, 0.3) is 5.91 Å². The lowest BCUT2D eigenvalue weighted by molar-refractivity contribution is 0.102. The molecule has 1 N–H and O–H groups in total. The summed E-state index contributed by atoms with van der Waals surface area (Å²) in [5.41, 5.74) is 3.21. The number of nitrogens with zero attached hydrogens (tertiary/aromatic N) is 1. The van der Waals surface area contributed by atoms with Gasteiger partial charge < -0.3 is 10.1 Å². The third-order valence-corrected chi connectivity index (χ3v) is 4.65. The van der Waals surface area contributed by atoms with Gasteiger partial charge in [0.15, 0.2) is 0 Å². The van der Waals surface area contributed by atoms with E-state index in [1.54, 1.807) is 18.4 Å². The molecule has 122 valence electrons. The van der Waals surface area contributed by atoms with E-state index in [1.807, 2.05) is 53.9 Å². The van der Waals surface area contributed by atoms with Gasteiger partial charge in [0, 0.05) is 16.5 Å². The Bertz CT molecular complexity index is 841. The van der Waals surface area contributed by atoms with E-state index in [2.05, 4.69) is 17.2 Å². The highest BCUT2D eigenvalue weighted by Gasteiger charge is 2.10. The van der Waals surface area contributed by atoms with Crippen LogP contribution in [0, 0.1) is 0 Å². The Morgan fingerprint density at radius 2 is 1.92 bits per heavy atom. The Balaban J connectivity index is 1.76. The molecule has 0 radical (unpaired) electrons. The number of benzene rings is 2.